The second kappa shape index (κ2) is 11.3. The number of carbonyl (C=O) groups is 1. The van der Waals surface area contributed by atoms with Crippen LogP contribution in [0.25, 0.3) is 22.5 Å². The summed E-state index contributed by atoms with van der Waals surface area (Å²) in [7, 11) is 0. The Morgan fingerprint density at radius 1 is 0.824 bits per heavy atom. The van der Waals surface area contributed by atoms with Crippen molar-refractivity contribution in [1.82, 2.24) is 20.5 Å². The summed E-state index contributed by atoms with van der Waals surface area (Å²) in [4.78, 5) is 17.1. The summed E-state index contributed by atoms with van der Waals surface area (Å²) in [6.45, 7) is 4.66. The van der Waals surface area contributed by atoms with Gasteiger partial charge in [0.1, 0.15) is 11.4 Å². The van der Waals surface area contributed by atoms with Gasteiger partial charge in [0.05, 0.1) is 5.75 Å². The van der Waals surface area contributed by atoms with E-state index in [4.69, 9.17) is 16.6 Å². The summed E-state index contributed by atoms with van der Waals surface area (Å²) in [6.07, 6.45) is 0.744. The molecule has 5 nitrogen and oxygen atoms in total. The van der Waals surface area contributed by atoms with Crippen LogP contribution in [-0.4, -0.2) is 33.4 Å². The Morgan fingerprint density at radius 3 is 2.03 bits per heavy atom. The van der Waals surface area contributed by atoms with Gasteiger partial charge in [-0.15, -0.1) is 10.2 Å². The fraction of sp³-hybridized carbons (Fsp3) is 0.185. The van der Waals surface area contributed by atoms with Crippen LogP contribution in [0.1, 0.15) is 16.7 Å². The molecule has 0 aliphatic heterocycles. The van der Waals surface area contributed by atoms with Gasteiger partial charge in [0.2, 0.25) is 11.1 Å². The van der Waals surface area contributed by atoms with Gasteiger partial charge in [0, 0.05) is 22.7 Å². The van der Waals surface area contributed by atoms with Crippen molar-refractivity contribution in [3.8, 4) is 22.5 Å². The second-order valence-electron chi connectivity index (χ2n) is 8.04. The number of benzene rings is 3. The molecule has 1 N–H and O–H groups in total. The minimum Gasteiger partial charge on any atom is -0.355 e. The molecular formula is C27H25ClN4OS. The lowest BCUT2D eigenvalue weighted by Gasteiger charge is -2.10. The molecule has 1 amide bonds. The predicted octanol–water partition coefficient (Wildman–Crippen LogP) is 5.93. The van der Waals surface area contributed by atoms with Crippen LogP contribution >= 0.6 is 23.4 Å². The normalized spacial score (nSPS) is 10.8. The van der Waals surface area contributed by atoms with E-state index >= 15 is 0 Å². The summed E-state index contributed by atoms with van der Waals surface area (Å²) in [5.41, 5.74) is 6.87. The fourth-order valence-electron chi connectivity index (χ4n) is 3.37. The van der Waals surface area contributed by atoms with Crippen molar-refractivity contribution in [2.75, 3.05) is 12.3 Å². The van der Waals surface area contributed by atoms with Crippen LogP contribution in [-0.2, 0) is 11.2 Å². The molecule has 7 heteroatoms. The molecule has 0 aliphatic carbocycles. The van der Waals surface area contributed by atoms with Gasteiger partial charge in [-0.3, -0.25) is 4.79 Å². The van der Waals surface area contributed by atoms with Gasteiger partial charge < -0.3 is 5.32 Å². The number of aryl methyl sites for hydroxylation is 2. The van der Waals surface area contributed by atoms with Crippen molar-refractivity contribution >= 4 is 29.3 Å². The summed E-state index contributed by atoms with van der Waals surface area (Å²) >= 11 is 7.19. The minimum absolute atomic E-state index is 0.0675. The summed E-state index contributed by atoms with van der Waals surface area (Å²) in [6, 6.07) is 24.0. The Bertz CT molecular complexity index is 1260. The van der Waals surface area contributed by atoms with E-state index in [-0.39, 0.29) is 11.7 Å². The van der Waals surface area contributed by atoms with Gasteiger partial charge >= 0.3 is 0 Å². The largest absolute Gasteiger partial charge is 0.355 e. The maximum absolute atomic E-state index is 12.3. The molecule has 1 aromatic heterocycles. The molecule has 3 aromatic carbocycles. The molecule has 1 heterocycles. The number of halogens is 1. The van der Waals surface area contributed by atoms with Gasteiger partial charge in [-0.25, -0.2) is 4.98 Å². The van der Waals surface area contributed by atoms with Crippen LogP contribution in [0.4, 0.5) is 0 Å². The van der Waals surface area contributed by atoms with Crippen LogP contribution in [0, 0.1) is 13.8 Å². The molecule has 0 bridgehead atoms. The van der Waals surface area contributed by atoms with Crippen molar-refractivity contribution in [1.29, 1.82) is 0 Å². The van der Waals surface area contributed by atoms with E-state index in [2.05, 4.69) is 41.5 Å². The van der Waals surface area contributed by atoms with Gasteiger partial charge in [-0.05, 0) is 38.0 Å². The maximum Gasteiger partial charge on any atom is 0.230 e. The van der Waals surface area contributed by atoms with Crippen LogP contribution in [0.3, 0.4) is 0 Å². The number of amides is 1. The topological polar surface area (TPSA) is 67.8 Å². The number of carbonyl (C=O) groups excluding carboxylic acids is 1. The molecule has 0 atom stereocenters. The molecule has 0 aliphatic rings. The highest BCUT2D eigenvalue weighted by molar-refractivity contribution is 7.99. The van der Waals surface area contributed by atoms with Crippen molar-refractivity contribution in [2.24, 2.45) is 0 Å². The Kier molecular flexibility index (Phi) is 7.93. The summed E-state index contributed by atoms with van der Waals surface area (Å²) in [5.74, 6) is 0.154. The quantitative estimate of drug-likeness (QED) is 0.311. The zero-order chi connectivity index (χ0) is 23.9. The Morgan fingerprint density at radius 2 is 1.41 bits per heavy atom. The van der Waals surface area contributed by atoms with Crippen LogP contribution < -0.4 is 5.32 Å². The summed E-state index contributed by atoms with van der Waals surface area (Å²) < 4.78 is 0. The van der Waals surface area contributed by atoms with Crippen molar-refractivity contribution < 1.29 is 4.79 Å². The highest BCUT2D eigenvalue weighted by atomic mass is 35.5. The first-order valence-electron chi connectivity index (χ1n) is 11.0. The van der Waals surface area contributed by atoms with Crippen LogP contribution in [0.2, 0.25) is 5.02 Å². The Hall–Kier alpha value is -3.22. The minimum atomic E-state index is -0.0675. The lowest BCUT2D eigenvalue weighted by atomic mass is 10.0. The zero-order valence-corrected chi connectivity index (χ0v) is 20.7. The van der Waals surface area contributed by atoms with E-state index in [1.807, 2.05) is 60.7 Å². The monoisotopic (exact) mass is 488 g/mol. The highest BCUT2D eigenvalue weighted by Gasteiger charge is 2.15. The first kappa shape index (κ1) is 23.9. The molecule has 0 unspecified atom stereocenters. The second-order valence-corrected chi connectivity index (χ2v) is 9.42. The molecular weight excluding hydrogens is 464 g/mol. The Balaban J connectivity index is 1.45. The van der Waals surface area contributed by atoms with Gasteiger partial charge in [0.15, 0.2) is 0 Å². The number of hydrogen-bond donors (Lipinski definition) is 1. The first-order chi connectivity index (χ1) is 16.5. The predicted molar refractivity (Wildman–Crippen MR) is 139 cm³/mol. The SMILES string of the molecule is Cc1ccc(-c2nnc(SCC(=O)NCCc3ccc(Cl)cc3)nc2-c2ccc(C)cc2)cc1. The smallest absolute Gasteiger partial charge is 0.230 e. The number of rotatable bonds is 8. The lowest BCUT2D eigenvalue weighted by Crippen LogP contribution is -2.27. The summed E-state index contributed by atoms with van der Waals surface area (Å²) in [5, 5.41) is 12.9. The van der Waals surface area contributed by atoms with E-state index < -0.39 is 0 Å². The third-order valence-corrected chi connectivity index (χ3v) is 6.39. The van der Waals surface area contributed by atoms with Gasteiger partial charge in [-0.2, -0.15) is 0 Å². The number of aromatic nitrogens is 3. The van der Waals surface area contributed by atoms with E-state index in [1.165, 1.54) is 22.9 Å². The number of nitrogens with one attached hydrogen (secondary N) is 1. The molecule has 172 valence electrons. The number of thioether (sulfide) groups is 1. The fourth-order valence-corrected chi connectivity index (χ4v) is 4.11. The molecule has 0 saturated heterocycles. The Labute approximate surface area is 209 Å². The van der Waals surface area contributed by atoms with Crippen molar-refractivity contribution in [3.05, 3.63) is 94.5 Å². The van der Waals surface area contributed by atoms with Crippen molar-refractivity contribution in [3.63, 3.8) is 0 Å². The number of nitrogens with zero attached hydrogens (tertiary/aromatic N) is 3. The van der Waals surface area contributed by atoms with Gasteiger partial charge in [0.25, 0.3) is 0 Å². The van der Waals surface area contributed by atoms with E-state index in [0.29, 0.717) is 16.7 Å². The third-order valence-electron chi connectivity index (χ3n) is 5.30. The molecule has 0 saturated carbocycles. The standard InChI is InChI=1S/C27H25ClN4OS/c1-18-3-9-21(10-4-18)25-26(22-11-5-19(2)6-12-22)31-32-27(30-25)34-17-24(33)29-16-15-20-7-13-23(28)14-8-20/h3-14H,15-17H2,1-2H3,(H,29,33). The average Bonchev–Trinajstić information content (AvgIpc) is 2.85. The molecule has 0 fully saturated rings. The molecule has 4 rings (SSSR count). The van der Waals surface area contributed by atoms with E-state index in [1.54, 1.807) is 0 Å². The van der Waals surface area contributed by atoms with Gasteiger partial charge in [-0.1, -0.05) is 95.2 Å². The molecule has 4 aromatic rings. The van der Waals surface area contributed by atoms with E-state index in [0.717, 1.165) is 34.5 Å². The third kappa shape index (κ3) is 6.43. The molecule has 0 spiro atoms. The van der Waals surface area contributed by atoms with Crippen LogP contribution in [0.5, 0.6) is 0 Å². The highest BCUT2D eigenvalue weighted by Crippen LogP contribution is 2.30. The molecule has 34 heavy (non-hydrogen) atoms. The number of hydrogen-bond acceptors (Lipinski definition) is 5. The zero-order valence-electron chi connectivity index (χ0n) is 19.1. The lowest BCUT2D eigenvalue weighted by molar-refractivity contribution is -0.118. The average molecular weight is 489 g/mol. The van der Waals surface area contributed by atoms with E-state index in [9.17, 15) is 4.79 Å². The maximum atomic E-state index is 12.3. The molecule has 0 radical (unpaired) electrons. The first-order valence-corrected chi connectivity index (χ1v) is 12.4. The van der Waals surface area contributed by atoms with Crippen molar-refractivity contribution in [2.45, 2.75) is 25.4 Å². The van der Waals surface area contributed by atoms with Crippen LogP contribution in [0.15, 0.2) is 78.0 Å².